The molecule has 0 atom stereocenters. The third-order valence-corrected chi connectivity index (χ3v) is 5.03. The maximum Gasteiger partial charge on any atom is 0.262 e. The molecule has 0 aliphatic carbocycles. The van der Waals surface area contributed by atoms with Crippen molar-refractivity contribution in [3.63, 3.8) is 0 Å². The van der Waals surface area contributed by atoms with Crippen molar-refractivity contribution in [1.82, 2.24) is 14.9 Å². The zero-order valence-electron chi connectivity index (χ0n) is 17.0. The van der Waals surface area contributed by atoms with Gasteiger partial charge in [0.15, 0.2) is 0 Å². The predicted molar refractivity (Wildman–Crippen MR) is 118 cm³/mol. The first kappa shape index (κ1) is 20.0. The molecule has 7 nitrogen and oxygen atoms in total. The number of para-hydroxylation sites is 2. The SMILES string of the molecule is CCCNCCOc1cccc(NC(=O)C2=C(O)CCn3c2nc2ccccc23)c1. The Hall–Kier alpha value is -3.32. The summed E-state index contributed by atoms with van der Waals surface area (Å²) in [5, 5.41) is 16.6. The van der Waals surface area contributed by atoms with E-state index in [1.165, 1.54) is 0 Å². The van der Waals surface area contributed by atoms with E-state index < -0.39 is 0 Å². The monoisotopic (exact) mass is 406 g/mol. The minimum atomic E-state index is -0.384. The van der Waals surface area contributed by atoms with Crippen LogP contribution in [0.2, 0.25) is 0 Å². The van der Waals surface area contributed by atoms with Crippen LogP contribution in [0.1, 0.15) is 25.6 Å². The lowest BCUT2D eigenvalue weighted by Gasteiger charge is -2.18. The van der Waals surface area contributed by atoms with Gasteiger partial charge in [0.2, 0.25) is 0 Å². The van der Waals surface area contributed by atoms with Crippen molar-refractivity contribution in [2.75, 3.05) is 25.0 Å². The Morgan fingerprint density at radius 2 is 2.07 bits per heavy atom. The second-order valence-corrected chi connectivity index (χ2v) is 7.23. The minimum absolute atomic E-state index is 0.0599. The molecule has 0 radical (unpaired) electrons. The Kier molecular flexibility index (Phi) is 5.99. The van der Waals surface area contributed by atoms with E-state index in [9.17, 15) is 9.90 Å². The van der Waals surface area contributed by atoms with E-state index >= 15 is 0 Å². The highest BCUT2D eigenvalue weighted by atomic mass is 16.5. The number of aliphatic hydroxyl groups is 1. The van der Waals surface area contributed by atoms with E-state index in [2.05, 4.69) is 22.5 Å². The van der Waals surface area contributed by atoms with Crippen LogP contribution in [0.3, 0.4) is 0 Å². The number of anilines is 1. The van der Waals surface area contributed by atoms with Crippen LogP contribution in [-0.2, 0) is 11.3 Å². The smallest absolute Gasteiger partial charge is 0.262 e. The van der Waals surface area contributed by atoms with Gasteiger partial charge in [-0.3, -0.25) is 4.79 Å². The van der Waals surface area contributed by atoms with Crippen molar-refractivity contribution >= 4 is 28.2 Å². The molecule has 0 bridgehead atoms. The number of aryl methyl sites for hydroxylation is 1. The molecule has 0 unspecified atom stereocenters. The summed E-state index contributed by atoms with van der Waals surface area (Å²) in [7, 11) is 0. The summed E-state index contributed by atoms with van der Waals surface area (Å²) in [5.74, 6) is 0.849. The van der Waals surface area contributed by atoms with Crippen LogP contribution in [0, 0.1) is 0 Å². The van der Waals surface area contributed by atoms with E-state index in [-0.39, 0.29) is 17.2 Å². The zero-order chi connectivity index (χ0) is 20.9. The standard InChI is InChI=1S/C23H26N4O3/c1-2-11-24-12-14-30-17-7-5-6-16(15-17)25-23(29)21-20(28)10-13-27-19-9-4-3-8-18(19)26-22(21)27/h3-9,15,24,28H,2,10-14H2,1H3,(H,25,29). The third-order valence-electron chi connectivity index (χ3n) is 5.03. The van der Waals surface area contributed by atoms with Crippen LogP contribution in [0.15, 0.2) is 54.3 Å². The molecule has 156 valence electrons. The molecule has 0 saturated heterocycles. The van der Waals surface area contributed by atoms with Gasteiger partial charge >= 0.3 is 0 Å². The van der Waals surface area contributed by atoms with Crippen molar-refractivity contribution < 1.29 is 14.6 Å². The van der Waals surface area contributed by atoms with Gasteiger partial charge in [-0.15, -0.1) is 0 Å². The predicted octanol–water partition coefficient (Wildman–Crippen LogP) is 3.73. The van der Waals surface area contributed by atoms with Gasteiger partial charge in [0, 0.05) is 31.3 Å². The van der Waals surface area contributed by atoms with E-state index in [1.54, 1.807) is 12.1 Å². The van der Waals surface area contributed by atoms with Crippen LogP contribution in [0.25, 0.3) is 16.6 Å². The summed E-state index contributed by atoms with van der Waals surface area (Å²) in [6.45, 7) is 4.99. The van der Waals surface area contributed by atoms with Crippen LogP contribution in [-0.4, -0.2) is 40.3 Å². The Morgan fingerprint density at radius 3 is 2.93 bits per heavy atom. The summed E-state index contributed by atoms with van der Waals surface area (Å²) >= 11 is 0. The van der Waals surface area contributed by atoms with Crippen molar-refractivity contribution in [2.45, 2.75) is 26.3 Å². The number of ether oxygens (including phenoxy) is 1. The highest BCUT2D eigenvalue weighted by molar-refractivity contribution is 6.25. The molecule has 1 aliphatic rings. The molecular formula is C23H26N4O3. The molecule has 1 aliphatic heterocycles. The summed E-state index contributed by atoms with van der Waals surface area (Å²) in [4.78, 5) is 17.6. The number of allylic oxidation sites excluding steroid dienone is 1. The first-order chi connectivity index (χ1) is 14.7. The molecule has 3 N–H and O–H groups in total. The number of carbonyl (C=O) groups excluding carboxylic acids is 1. The molecule has 3 aromatic rings. The molecule has 30 heavy (non-hydrogen) atoms. The van der Waals surface area contributed by atoms with Crippen molar-refractivity contribution in [1.29, 1.82) is 0 Å². The largest absolute Gasteiger partial charge is 0.511 e. The fourth-order valence-corrected chi connectivity index (χ4v) is 3.60. The highest BCUT2D eigenvalue weighted by Gasteiger charge is 2.28. The van der Waals surface area contributed by atoms with Gasteiger partial charge in [0.05, 0.1) is 11.0 Å². The molecule has 1 aromatic heterocycles. The zero-order valence-corrected chi connectivity index (χ0v) is 17.0. The molecule has 2 heterocycles. The second kappa shape index (κ2) is 9.00. The Labute approximate surface area is 175 Å². The van der Waals surface area contributed by atoms with Gasteiger partial charge < -0.3 is 25.0 Å². The summed E-state index contributed by atoms with van der Waals surface area (Å²) in [5.41, 5.74) is 2.58. The Morgan fingerprint density at radius 1 is 1.20 bits per heavy atom. The van der Waals surface area contributed by atoms with Crippen LogP contribution >= 0.6 is 0 Å². The van der Waals surface area contributed by atoms with Gasteiger partial charge in [0.25, 0.3) is 5.91 Å². The average molecular weight is 406 g/mol. The Bertz CT molecular complexity index is 1090. The number of hydrogen-bond acceptors (Lipinski definition) is 5. The van der Waals surface area contributed by atoms with Crippen molar-refractivity contribution in [3.8, 4) is 5.75 Å². The number of carbonyl (C=O) groups is 1. The molecular weight excluding hydrogens is 380 g/mol. The molecule has 1 amide bonds. The normalized spacial score (nSPS) is 13.4. The van der Waals surface area contributed by atoms with Crippen LogP contribution < -0.4 is 15.4 Å². The summed E-state index contributed by atoms with van der Waals surface area (Å²) in [6, 6.07) is 15.0. The Balaban J connectivity index is 1.50. The maximum absolute atomic E-state index is 13.0. The topological polar surface area (TPSA) is 88.4 Å². The molecule has 0 saturated carbocycles. The van der Waals surface area contributed by atoms with E-state index in [0.717, 1.165) is 30.5 Å². The lowest BCUT2D eigenvalue weighted by molar-refractivity contribution is -0.111. The number of rotatable bonds is 8. The first-order valence-electron chi connectivity index (χ1n) is 10.3. The number of nitrogens with one attached hydrogen (secondary N) is 2. The van der Waals surface area contributed by atoms with Crippen LogP contribution in [0.5, 0.6) is 5.75 Å². The third kappa shape index (κ3) is 4.16. The van der Waals surface area contributed by atoms with Crippen LogP contribution in [0.4, 0.5) is 5.69 Å². The highest BCUT2D eigenvalue weighted by Crippen LogP contribution is 2.30. The first-order valence-corrected chi connectivity index (χ1v) is 10.3. The average Bonchev–Trinajstić information content (AvgIpc) is 3.12. The van der Waals surface area contributed by atoms with Gasteiger partial charge in [-0.05, 0) is 37.2 Å². The number of hydrogen-bond donors (Lipinski definition) is 3. The number of nitrogens with zero attached hydrogens (tertiary/aromatic N) is 2. The quantitative estimate of drug-likeness (QED) is 0.496. The minimum Gasteiger partial charge on any atom is -0.511 e. The molecule has 4 rings (SSSR count). The van der Waals surface area contributed by atoms with Gasteiger partial charge in [0.1, 0.15) is 29.5 Å². The van der Waals surface area contributed by atoms with Gasteiger partial charge in [-0.25, -0.2) is 4.98 Å². The van der Waals surface area contributed by atoms with Crippen molar-refractivity contribution in [2.24, 2.45) is 0 Å². The number of benzene rings is 2. The lowest BCUT2D eigenvalue weighted by Crippen LogP contribution is -2.22. The maximum atomic E-state index is 13.0. The van der Waals surface area contributed by atoms with Gasteiger partial charge in [-0.2, -0.15) is 0 Å². The van der Waals surface area contributed by atoms with E-state index in [4.69, 9.17) is 4.74 Å². The second-order valence-electron chi connectivity index (χ2n) is 7.23. The summed E-state index contributed by atoms with van der Waals surface area (Å²) in [6.07, 6.45) is 1.47. The summed E-state index contributed by atoms with van der Waals surface area (Å²) < 4.78 is 7.72. The molecule has 7 heteroatoms. The molecule has 0 fully saturated rings. The fraction of sp³-hybridized carbons (Fsp3) is 0.304. The van der Waals surface area contributed by atoms with E-state index in [0.29, 0.717) is 36.8 Å². The number of aromatic nitrogens is 2. The van der Waals surface area contributed by atoms with E-state index in [1.807, 2.05) is 41.0 Å². The molecule has 0 spiro atoms. The number of amides is 1. The van der Waals surface area contributed by atoms with Gasteiger partial charge in [-0.1, -0.05) is 25.1 Å². The number of imidazole rings is 1. The lowest BCUT2D eigenvalue weighted by atomic mass is 10.1. The number of fused-ring (bicyclic) bond motifs is 3. The fourth-order valence-electron chi connectivity index (χ4n) is 3.60. The molecule has 2 aromatic carbocycles. The number of aliphatic hydroxyl groups excluding tert-OH is 1. The van der Waals surface area contributed by atoms with Crippen molar-refractivity contribution in [3.05, 3.63) is 60.1 Å².